The van der Waals surface area contributed by atoms with Gasteiger partial charge < -0.3 is 33.7 Å². The second-order valence-corrected chi connectivity index (χ2v) is 10.3. The molecular weight excluding hydrogens is 520 g/mol. The topological polar surface area (TPSA) is 132 Å². The molecule has 0 spiro atoms. The molecule has 1 saturated heterocycles. The molecule has 1 aromatic heterocycles. The molecule has 0 radical (unpaired) electrons. The molecule has 2 aliphatic rings. The van der Waals surface area contributed by atoms with Crippen molar-refractivity contribution in [3.63, 3.8) is 0 Å². The van der Waals surface area contributed by atoms with Crippen molar-refractivity contribution in [3.05, 3.63) is 18.0 Å². The van der Waals surface area contributed by atoms with Gasteiger partial charge in [0, 0.05) is 25.8 Å². The Bertz CT molecular complexity index is 967. The summed E-state index contributed by atoms with van der Waals surface area (Å²) in [6, 6.07) is 0.608. The number of nitrogens with zero attached hydrogens (tertiary/aromatic N) is 1. The van der Waals surface area contributed by atoms with Gasteiger partial charge in [-0.2, -0.15) is 0 Å². The third kappa shape index (κ3) is 9.33. The predicted octanol–water partition coefficient (Wildman–Crippen LogP) is 4.11. The molecule has 2 heterocycles. The van der Waals surface area contributed by atoms with Gasteiger partial charge in [0.05, 0.1) is 19.3 Å². The van der Waals surface area contributed by atoms with Crippen LogP contribution in [0, 0.1) is 0 Å². The Morgan fingerprint density at radius 1 is 1.12 bits per heavy atom. The minimum atomic E-state index is -0.907. The van der Waals surface area contributed by atoms with Crippen LogP contribution in [0.3, 0.4) is 0 Å². The van der Waals surface area contributed by atoms with Crippen LogP contribution in [-0.4, -0.2) is 73.8 Å². The molecule has 1 aromatic rings. The van der Waals surface area contributed by atoms with Crippen LogP contribution < -0.4 is 14.8 Å². The van der Waals surface area contributed by atoms with Crippen LogP contribution in [0.5, 0.6) is 11.5 Å². The van der Waals surface area contributed by atoms with Crippen LogP contribution in [0.2, 0.25) is 0 Å². The number of amides is 1. The molecule has 0 bridgehead atoms. The van der Waals surface area contributed by atoms with Gasteiger partial charge in [-0.3, -0.25) is 9.59 Å². The van der Waals surface area contributed by atoms with E-state index in [9.17, 15) is 14.4 Å². The fraction of sp³-hybridized carbons (Fsp3) is 0.724. The highest BCUT2D eigenvalue weighted by Crippen LogP contribution is 2.31. The monoisotopic (exact) mass is 564 g/mol. The number of nitrogens with one attached hydrogen (secondary N) is 1. The highest BCUT2D eigenvalue weighted by Gasteiger charge is 2.37. The lowest BCUT2D eigenvalue weighted by Crippen LogP contribution is -2.46. The minimum Gasteiger partial charge on any atom is -0.493 e. The summed E-state index contributed by atoms with van der Waals surface area (Å²) in [4.78, 5) is 41.8. The van der Waals surface area contributed by atoms with E-state index in [1.807, 2.05) is 6.92 Å². The first-order valence-corrected chi connectivity index (χ1v) is 14.4. The number of ether oxygens (including phenoxy) is 6. The molecule has 1 saturated carbocycles. The Labute approximate surface area is 236 Å². The molecular formula is C29H44N2O9. The lowest BCUT2D eigenvalue weighted by Gasteiger charge is -2.33. The molecule has 1 N–H and O–H groups in total. The van der Waals surface area contributed by atoms with Crippen molar-refractivity contribution in [1.82, 2.24) is 10.3 Å². The van der Waals surface area contributed by atoms with Crippen molar-refractivity contribution in [2.75, 3.05) is 20.5 Å². The summed E-state index contributed by atoms with van der Waals surface area (Å²) in [5.41, 5.74) is -0.105. The Morgan fingerprint density at radius 3 is 2.60 bits per heavy atom. The average molecular weight is 565 g/mol. The number of hydrogen-bond donors (Lipinski definition) is 1. The van der Waals surface area contributed by atoms with Gasteiger partial charge in [0.2, 0.25) is 6.79 Å². The third-order valence-electron chi connectivity index (χ3n) is 7.20. The van der Waals surface area contributed by atoms with E-state index < -0.39 is 42.9 Å². The summed E-state index contributed by atoms with van der Waals surface area (Å²) in [7, 11) is 1.41. The van der Waals surface area contributed by atoms with E-state index in [-0.39, 0.29) is 29.4 Å². The largest absolute Gasteiger partial charge is 0.493 e. The molecule has 1 amide bonds. The summed E-state index contributed by atoms with van der Waals surface area (Å²) in [6.45, 7) is 5.35. The Morgan fingerprint density at radius 2 is 1.90 bits per heavy atom. The number of rotatable bonds is 13. The number of cyclic esters (lactones) is 1. The average Bonchev–Trinajstić information content (AvgIpc) is 3.45. The van der Waals surface area contributed by atoms with Crippen molar-refractivity contribution in [3.8, 4) is 11.5 Å². The van der Waals surface area contributed by atoms with E-state index >= 15 is 0 Å². The molecule has 0 unspecified atom stereocenters. The highest BCUT2D eigenvalue weighted by molar-refractivity contribution is 5.98. The van der Waals surface area contributed by atoms with Crippen molar-refractivity contribution in [2.24, 2.45) is 0 Å². The van der Waals surface area contributed by atoms with Crippen molar-refractivity contribution in [1.29, 1.82) is 0 Å². The number of unbranched alkanes of at least 4 members (excludes halogenated alkanes) is 2. The quantitative estimate of drug-likeness (QED) is 0.212. The van der Waals surface area contributed by atoms with Crippen molar-refractivity contribution >= 4 is 17.8 Å². The third-order valence-corrected chi connectivity index (χ3v) is 7.20. The highest BCUT2D eigenvalue weighted by atomic mass is 16.7. The summed E-state index contributed by atoms with van der Waals surface area (Å²) < 4.78 is 34.3. The van der Waals surface area contributed by atoms with Crippen molar-refractivity contribution in [2.45, 2.75) is 115 Å². The number of methoxy groups -OCH3 is 1. The van der Waals surface area contributed by atoms with E-state index in [4.69, 9.17) is 28.4 Å². The SMILES string of the molecule is CCCCCO[C@H]1[C@H](C)OC(=O)[C@@H](NC(=O)c2nccc(OC)c2OCOC(C)=O)CCC[C@@H]1OC1CCCC1. The van der Waals surface area contributed by atoms with Gasteiger partial charge in [0.15, 0.2) is 17.2 Å². The second-order valence-electron chi connectivity index (χ2n) is 10.3. The number of carbonyl (C=O) groups is 3. The molecule has 0 aromatic carbocycles. The molecule has 2 fully saturated rings. The maximum Gasteiger partial charge on any atom is 0.329 e. The molecule has 224 valence electrons. The fourth-order valence-corrected chi connectivity index (χ4v) is 5.09. The zero-order valence-electron chi connectivity index (χ0n) is 24.1. The molecule has 40 heavy (non-hydrogen) atoms. The number of carbonyl (C=O) groups excluding carboxylic acids is 3. The lowest BCUT2D eigenvalue weighted by molar-refractivity contribution is -0.172. The van der Waals surface area contributed by atoms with E-state index in [0.717, 1.165) is 44.9 Å². The fourth-order valence-electron chi connectivity index (χ4n) is 5.09. The summed E-state index contributed by atoms with van der Waals surface area (Å²) in [5.74, 6) is -1.50. The Hall–Kier alpha value is -2.92. The van der Waals surface area contributed by atoms with E-state index in [1.165, 1.54) is 26.3 Å². The number of esters is 2. The smallest absolute Gasteiger partial charge is 0.329 e. The summed E-state index contributed by atoms with van der Waals surface area (Å²) >= 11 is 0. The normalized spacial score (nSPS) is 23.9. The Balaban J connectivity index is 1.73. The summed E-state index contributed by atoms with van der Waals surface area (Å²) in [5, 5.41) is 2.75. The maximum atomic E-state index is 13.3. The molecule has 4 atom stereocenters. The first-order valence-electron chi connectivity index (χ1n) is 14.4. The molecule has 11 heteroatoms. The summed E-state index contributed by atoms with van der Waals surface area (Å²) in [6.07, 6.45) is 9.53. The van der Waals surface area contributed by atoms with Crippen LogP contribution in [0.25, 0.3) is 0 Å². The van der Waals surface area contributed by atoms with Crippen LogP contribution in [0.1, 0.15) is 95.5 Å². The van der Waals surface area contributed by atoms with Crippen molar-refractivity contribution < 1.29 is 42.8 Å². The van der Waals surface area contributed by atoms with Gasteiger partial charge in [0.1, 0.15) is 18.2 Å². The first kappa shape index (κ1) is 31.6. The van der Waals surface area contributed by atoms with Gasteiger partial charge in [-0.25, -0.2) is 9.78 Å². The van der Waals surface area contributed by atoms with Gasteiger partial charge in [0.25, 0.3) is 5.91 Å². The van der Waals surface area contributed by atoms with Gasteiger partial charge in [-0.1, -0.05) is 32.6 Å². The molecule has 11 nitrogen and oxygen atoms in total. The molecule has 3 rings (SSSR count). The minimum absolute atomic E-state index is 0.000812. The molecule has 1 aliphatic heterocycles. The number of hydrogen-bond acceptors (Lipinski definition) is 10. The van der Waals surface area contributed by atoms with Gasteiger partial charge in [-0.15, -0.1) is 0 Å². The second kappa shape index (κ2) is 16.4. The standard InChI is InChI=1S/C29H44N2O9/c1-5-6-9-17-36-26-19(2)39-29(34)22(13-10-14-24(26)40-21-11-7-8-12-21)31-28(33)25-27(38-18-37-20(3)32)23(35-4)15-16-30-25/h15-16,19,21-22,24,26H,5-14,17-18H2,1-4H3,(H,31,33)/t19-,22-,24-,26-/m0/s1. The van der Waals surface area contributed by atoms with Crippen LogP contribution in [-0.2, 0) is 28.5 Å². The van der Waals surface area contributed by atoms with Gasteiger partial charge >= 0.3 is 11.9 Å². The number of pyridine rings is 1. The van der Waals surface area contributed by atoms with Gasteiger partial charge in [-0.05, 0) is 45.4 Å². The van der Waals surface area contributed by atoms with E-state index in [2.05, 4.69) is 17.2 Å². The predicted molar refractivity (Wildman–Crippen MR) is 145 cm³/mol. The zero-order chi connectivity index (χ0) is 28.9. The van der Waals surface area contributed by atoms with Crippen LogP contribution >= 0.6 is 0 Å². The van der Waals surface area contributed by atoms with Crippen LogP contribution in [0.15, 0.2) is 12.3 Å². The van der Waals surface area contributed by atoms with Crippen LogP contribution in [0.4, 0.5) is 0 Å². The number of aromatic nitrogens is 1. The lowest BCUT2D eigenvalue weighted by atomic mass is 10.0. The Kier molecular flexibility index (Phi) is 12.9. The molecule has 1 aliphatic carbocycles. The zero-order valence-corrected chi connectivity index (χ0v) is 24.1. The maximum absolute atomic E-state index is 13.3. The van der Waals surface area contributed by atoms with E-state index in [1.54, 1.807) is 0 Å². The van der Waals surface area contributed by atoms with E-state index in [0.29, 0.717) is 25.9 Å². The first-order chi connectivity index (χ1) is 19.3.